The molecule has 0 bridgehead atoms. The van der Waals surface area contributed by atoms with Crippen LogP contribution in [0.2, 0.25) is 0 Å². The minimum absolute atomic E-state index is 0.0521. The van der Waals surface area contributed by atoms with Crippen LogP contribution in [0.4, 0.5) is 0 Å². The van der Waals surface area contributed by atoms with Gasteiger partial charge in [0.15, 0.2) is 0 Å². The Hall–Kier alpha value is -1.93. The standard InChI is InChI=1S/C26H38N2O8S/c1-31-13-15-33-19-35-25-23(17-21-9-5-3-6-10-21)27-37(29,30)28-24(18-22-11-7-4-8-12-22)26(25)36-20-34-16-14-32-2/h3-12,23-28H,13-20H2,1-2H3. The second kappa shape index (κ2) is 16.1. The van der Waals surface area contributed by atoms with Crippen molar-refractivity contribution in [1.29, 1.82) is 0 Å². The number of benzene rings is 2. The molecule has 4 unspecified atom stereocenters. The molecule has 0 saturated carbocycles. The average molecular weight is 539 g/mol. The summed E-state index contributed by atoms with van der Waals surface area (Å²) >= 11 is 0. The lowest BCUT2D eigenvalue weighted by Crippen LogP contribution is -2.52. The maximum Gasteiger partial charge on any atom is 0.277 e. The summed E-state index contributed by atoms with van der Waals surface area (Å²) in [5.41, 5.74) is 1.92. The third-order valence-electron chi connectivity index (χ3n) is 5.88. The van der Waals surface area contributed by atoms with Gasteiger partial charge in [-0.3, -0.25) is 0 Å². The van der Waals surface area contributed by atoms with Crippen LogP contribution in [0.15, 0.2) is 60.7 Å². The molecule has 0 aliphatic carbocycles. The summed E-state index contributed by atoms with van der Waals surface area (Å²) in [6.07, 6.45) is -0.584. The van der Waals surface area contributed by atoms with Crippen LogP contribution < -0.4 is 9.44 Å². The van der Waals surface area contributed by atoms with E-state index < -0.39 is 34.5 Å². The van der Waals surface area contributed by atoms with Crippen LogP contribution >= 0.6 is 0 Å². The Bertz CT molecular complexity index is 907. The highest BCUT2D eigenvalue weighted by atomic mass is 32.2. The average Bonchev–Trinajstić information content (AvgIpc) is 2.98. The summed E-state index contributed by atoms with van der Waals surface area (Å²) < 4.78 is 65.5. The van der Waals surface area contributed by atoms with Gasteiger partial charge in [0.05, 0.1) is 38.5 Å². The topological polar surface area (TPSA) is 114 Å². The number of hydrogen-bond acceptors (Lipinski definition) is 8. The van der Waals surface area contributed by atoms with Crippen LogP contribution in [0.3, 0.4) is 0 Å². The molecule has 1 saturated heterocycles. The van der Waals surface area contributed by atoms with E-state index in [0.717, 1.165) is 11.1 Å². The van der Waals surface area contributed by atoms with Crippen molar-refractivity contribution in [2.24, 2.45) is 0 Å². The molecule has 2 aromatic carbocycles. The van der Waals surface area contributed by atoms with Crippen LogP contribution in [0.1, 0.15) is 11.1 Å². The third-order valence-corrected chi connectivity index (χ3v) is 7.10. The Balaban J connectivity index is 1.89. The quantitative estimate of drug-likeness (QED) is 0.245. The summed E-state index contributed by atoms with van der Waals surface area (Å²) in [5, 5.41) is 0. The maximum absolute atomic E-state index is 13.2. The minimum atomic E-state index is -3.88. The normalized spacial score (nSPS) is 23.5. The molecule has 10 nitrogen and oxygen atoms in total. The molecule has 1 fully saturated rings. The van der Waals surface area contributed by atoms with Crippen LogP contribution in [0.5, 0.6) is 0 Å². The lowest BCUT2D eigenvalue weighted by atomic mass is 9.92. The van der Waals surface area contributed by atoms with E-state index >= 15 is 0 Å². The predicted octanol–water partition coefficient (Wildman–Crippen LogP) is 1.66. The second-order valence-corrected chi connectivity index (χ2v) is 10.1. The van der Waals surface area contributed by atoms with Crippen molar-refractivity contribution in [3.05, 3.63) is 71.8 Å². The first-order valence-corrected chi connectivity index (χ1v) is 13.7. The second-order valence-electron chi connectivity index (χ2n) is 8.63. The van der Waals surface area contributed by atoms with Crippen LogP contribution in [-0.2, 0) is 51.5 Å². The lowest BCUT2D eigenvalue weighted by Gasteiger charge is -2.34. The number of rotatable bonds is 16. The summed E-state index contributed by atoms with van der Waals surface area (Å²) in [7, 11) is -0.702. The van der Waals surface area contributed by atoms with Crippen molar-refractivity contribution in [1.82, 2.24) is 9.44 Å². The molecule has 0 spiro atoms. The molecule has 37 heavy (non-hydrogen) atoms. The first kappa shape index (κ1) is 29.6. The van der Waals surface area contributed by atoms with Crippen molar-refractivity contribution in [3.8, 4) is 0 Å². The number of hydrogen-bond donors (Lipinski definition) is 2. The van der Waals surface area contributed by atoms with Crippen LogP contribution in [0, 0.1) is 0 Å². The van der Waals surface area contributed by atoms with Gasteiger partial charge in [0, 0.05) is 14.2 Å². The third kappa shape index (κ3) is 10.4. The van der Waals surface area contributed by atoms with Gasteiger partial charge in [-0.2, -0.15) is 17.9 Å². The zero-order valence-corrected chi connectivity index (χ0v) is 22.2. The minimum Gasteiger partial charge on any atom is -0.382 e. The summed E-state index contributed by atoms with van der Waals surface area (Å²) in [5.74, 6) is 0. The van der Waals surface area contributed by atoms with E-state index in [2.05, 4.69) is 9.44 Å². The fraction of sp³-hybridized carbons (Fsp3) is 0.538. The highest BCUT2D eigenvalue weighted by molar-refractivity contribution is 7.87. The zero-order valence-electron chi connectivity index (χ0n) is 21.4. The van der Waals surface area contributed by atoms with Gasteiger partial charge < -0.3 is 28.4 Å². The van der Waals surface area contributed by atoms with Crippen molar-refractivity contribution in [2.75, 3.05) is 54.2 Å². The van der Waals surface area contributed by atoms with E-state index in [1.165, 1.54) is 0 Å². The zero-order chi connectivity index (χ0) is 26.3. The molecule has 11 heteroatoms. The van der Waals surface area contributed by atoms with E-state index in [-0.39, 0.29) is 13.6 Å². The highest BCUT2D eigenvalue weighted by Crippen LogP contribution is 2.23. The number of nitrogens with one attached hydrogen (secondary N) is 2. The Kier molecular flexibility index (Phi) is 12.9. The predicted molar refractivity (Wildman–Crippen MR) is 138 cm³/mol. The molecule has 206 valence electrons. The van der Waals surface area contributed by atoms with Crippen molar-refractivity contribution >= 4 is 10.2 Å². The Morgan fingerprint density at radius 2 is 1.05 bits per heavy atom. The Labute approximate surface area is 219 Å². The molecule has 0 aromatic heterocycles. The molecule has 0 amide bonds. The lowest BCUT2D eigenvalue weighted by molar-refractivity contribution is -0.182. The van der Waals surface area contributed by atoms with E-state index in [4.69, 9.17) is 28.4 Å². The number of methoxy groups -OCH3 is 2. The van der Waals surface area contributed by atoms with Gasteiger partial charge in [0.25, 0.3) is 10.2 Å². The van der Waals surface area contributed by atoms with Gasteiger partial charge in [-0.1, -0.05) is 60.7 Å². The highest BCUT2D eigenvalue weighted by Gasteiger charge is 2.43. The van der Waals surface area contributed by atoms with E-state index in [1.807, 2.05) is 60.7 Å². The maximum atomic E-state index is 13.2. The molecule has 0 radical (unpaired) electrons. The van der Waals surface area contributed by atoms with Gasteiger partial charge >= 0.3 is 0 Å². The molecule has 2 aromatic rings. The molecule has 1 aliphatic rings. The summed E-state index contributed by atoms with van der Waals surface area (Å²) in [6, 6.07) is 18.0. The Morgan fingerprint density at radius 3 is 1.43 bits per heavy atom. The molecular formula is C26H38N2O8S. The fourth-order valence-corrected chi connectivity index (χ4v) is 5.45. The molecule has 1 heterocycles. The molecule has 2 N–H and O–H groups in total. The van der Waals surface area contributed by atoms with Gasteiger partial charge in [-0.05, 0) is 24.0 Å². The fourth-order valence-electron chi connectivity index (χ4n) is 4.15. The van der Waals surface area contributed by atoms with Crippen molar-refractivity contribution in [2.45, 2.75) is 37.1 Å². The van der Waals surface area contributed by atoms with Gasteiger partial charge in [-0.25, -0.2) is 0 Å². The first-order valence-electron chi connectivity index (χ1n) is 12.3. The van der Waals surface area contributed by atoms with Crippen molar-refractivity contribution in [3.63, 3.8) is 0 Å². The molecule has 4 atom stereocenters. The first-order chi connectivity index (χ1) is 18.0. The smallest absolute Gasteiger partial charge is 0.277 e. The largest absolute Gasteiger partial charge is 0.382 e. The van der Waals surface area contributed by atoms with E-state index in [0.29, 0.717) is 39.3 Å². The molecule has 1 aliphatic heterocycles. The van der Waals surface area contributed by atoms with Crippen molar-refractivity contribution < 1.29 is 36.8 Å². The Morgan fingerprint density at radius 1 is 0.649 bits per heavy atom. The number of ether oxygens (including phenoxy) is 6. The van der Waals surface area contributed by atoms with Crippen LogP contribution in [-0.4, -0.2) is 86.9 Å². The molecule has 3 rings (SSSR count). The van der Waals surface area contributed by atoms with E-state index in [9.17, 15) is 8.42 Å². The summed E-state index contributed by atoms with van der Waals surface area (Å²) in [6.45, 7) is 1.41. The monoisotopic (exact) mass is 538 g/mol. The summed E-state index contributed by atoms with van der Waals surface area (Å²) in [4.78, 5) is 0. The van der Waals surface area contributed by atoms with Gasteiger partial charge in [0.1, 0.15) is 25.8 Å². The van der Waals surface area contributed by atoms with E-state index in [1.54, 1.807) is 14.2 Å². The van der Waals surface area contributed by atoms with Gasteiger partial charge in [0.2, 0.25) is 0 Å². The van der Waals surface area contributed by atoms with Gasteiger partial charge in [-0.15, -0.1) is 0 Å². The molecular weight excluding hydrogens is 500 g/mol. The SMILES string of the molecule is COCCOCOC1C(Cc2ccccc2)NS(=O)(=O)NC(Cc2ccccc2)C1OCOCCOC. The van der Waals surface area contributed by atoms with Crippen LogP contribution in [0.25, 0.3) is 0 Å².